The molecule has 0 fully saturated rings. The van der Waals surface area contributed by atoms with Crippen molar-refractivity contribution in [2.24, 2.45) is 0 Å². The van der Waals surface area contributed by atoms with Crippen LogP contribution < -0.4 is 5.32 Å². The number of hydrogen-bond donors (Lipinski definition) is 2. The SMILES string of the molecule is O=C(NCc1nn[nH]n1)c1ccc(F)c(F)c1. The molecule has 0 aliphatic rings. The number of hydrogen-bond acceptors (Lipinski definition) is 4. The van der Waals surface area contributed by atoms with Gasteiger partial charge in [-0.15, -0.1) is 10.2 Å². The van der Waals surface area contributed by atoms with E-state index in [9.17, 15) is 13.6 Å². The van der Waals surface area contributed by atoms with E-state index in [1.165, 1.54) is 6.07 Å². The molecule has 1 aromatic carbocycles. The number of amides is 1. The quantitative estimate of drug-likeness (QED) is 0.812. The minimum atomic E-state index is -1.07. The molecule has 1 aromatic heterocycles. The van der Waals surface area contributed by atoms with Crippen LogP contribution in [0.15, 0.2) is 18.2 Å². The Morgan fingerprint density at radius 3 is 2.82 bits per heavy atom. The van der Waals surface area contributed by atoms with E-state index >= 15 is 0 Å². The van der Waals surface area contributed by atoms with Gasteiger partial charge in [-0.1, -0.05) is 5.21 Å². The van der Waals surface area contributed by atoms with E-state index in [1.54, 1.807) is 0 Å². The standard InChI is InChI=1S/C9H7F2N5O/c10-6-2-1-5(3-7(6)11)9(17)12-4-8-13-15-16-14-8/h1-3H,4H2,(H,12,17)(H,13,14,15,16). The largest absolute Gasteiger partial charge is 0.345 e. The van der Waals surface area contributed by atoms with Gasteiger partial charge in [0.25, 0.3) is 5.91 Å². The molecule has 0 unspecified atom stereocenters. The topological polar surface area (TPSA) is 83.6 Å². The molecule has 0 spiro atoms. The minimum Gasteiger partial charge on any atom is -0.345 e. The monoisotopic (exact) mass is 239 g/mol. The highest BCUT2D eigenvalue weighted by Gasteiger charge is 2.10. The maximum absolute atomic E-state index is 12.9. The van der Waals surface area contributed by atoms with E-state index in [0.717, 1.165) is 12.1 Å². The van der Waals surface area contributed by atoms with Gasteiger partial charge >= 0.3 is 0 Å². The zero-order valence-electron chi connectivity index (χ0n) is 8.44. The first kappa shape index (κ1) is 11.1. The lowest BCUT2D eigenvalue weighted by molar-refractivity contribution is 0.0949. The molecule has 2 N–H and O–H groups in total. The Morgan fingerprint density at radius 2 is 2.18 bits per heavy atom. The summed E-state index contributed by atoms with van der Waals surface area (Å²) in [6, 6.07) is 2.89. The highest BCUT2D eigenvalue weighted by atomic mass is 19.2. The number of nitrogens with one attached hydrogen (secondary N) is 2. The molecular formula is C9H7F2N5O. The number of aromatic nitrogens is 4. The van der Waals surface area contributed by atoms with E-state index in [-0.39, 0.29) is 12.1 Å². The van der Waals surface area contributed by atoms with Crippen LogP contribution >= 0.6 is 0 Å². The normalized spacial score (nSPS) is 10.2. The van der Waals surface area contributed by atoms with Crippen LogP contribution in [0.5, 0.6) is 0 Å². The number of benzene rings is 1. The van der Waals surface area contributed by atoms with Gasteiger partial charge in [0.1, 0.15) is 0 Å². The van der Waals surface area contributed by atoms with Crippen molar-refractivity contribution in [2.45, 2.75) is 6.54 Å². The molecule has 17 heavy (non-hydrogen) atoms. The Hall–Kier alpha value is -2.38. The Bertz CT molecular complexity index is 528. The van der Waals surface area contributed by atoms with Crippen LogP contribution in [0.2, 0.25) is 0 Å². The van der Waals surface area contributed by atoms with Crippen molar-refractivity contribution < 1.29 is 13.6 Å². The van der Waals surface area contributed by atoms with Crippen molar-refractivity contribution >= 4 is 5.91 Å². The summed E-state index contributed by atoms with van der Waals surface area (Å²) < 4.78 is 25.5. The van der Waals surface area contributed by atoms with Crippen LogP contribution in [0, 0.1) is 11.6 Å². The van der Waals surface area contributed by atoms with E-state index < -0.39 is 17.5 Å². The van der Waals surface area contributed by atoms with Crippen molar-refractivity contribution in [2.75, 3.05) is 0 Å². The predicted octanol–water partition coefficient (Wildman–Crippen LogP) is 0.408. The average Bonchev–Trinajstić information content (AvgIpc) is 2.82. The van der Waals surface area contributed by atoms with E-state index in [0.29, 0.717) is 5.82 Å². The van der Waals surface area contributed by atoms with Gasteiger partial charge in [-0.25, -0.2) is 8.78 Å². The molecule has 0 saturated heterocycles. The summed E-state index contributed by atoms with van der Waals surface area (Å²) in [6.07, 6.45) is 0. The summed E-state index contributed by atoms with van der Waals surface area (Å²) in [5.41, 5.74) is 0.0207. The second-order valence-corrected chi connectivity index (χ2v) is 3.14. The molecule has 0 atom stereocenters. The van der Waals surface area contributed by atoms with E-state index in [4.69, 9.17) is 0 Å². The summed E-state index contributed by atoms with van der Waals surface area (Å²) >= 11 is 0. The second-order valence-electron chi connectivity index (χ2n) is 3.14. The molecule has 2 aromatic rings. The van der Waals surface area contributed by atoms with Gasteiger partial charge in [-0.3, -0.25) is 4.79 Å². The molecule has 8 heteroatoms. The van der Waals surface area contributed by atoms with Gasteiger partial charge in [0.2, 0.25) is 0 Å². The van der Waals surface area contributed by atoms with Crippen LogP contribution in [-0.2, 0) is 6.54 Å². The smallest absolute Gasteiger partial charge is 0.251 e. The van der Waals surface area contributed by atoms with Crippen LogP contribution in [0.1, 0.15) is 16.2 Å². The molecule has 88 valence electrons. The Labute approximate surface area is 94.0 Å². The zero-order chi connectivity index (χ0) is 12.3. The molecular weight excluding hydrogens is 232 g/mol. The van der Waals surface area contributed by atoms with Crippen LogP contribution in [-0.4, -0.2) is 26.5 Å². The first-order valence-electron chi connectivity index (χ1n) is 4.62. The van der Waals surface area contributed by atoms with Crippen molar-refractivity contribution in [3.8, 4) is 0 Å². The van der Waals surface area contributed by atoms with Crippen molar-refractivity contribution in [1.29, 1.82) is 0 Å². The van der Waals surface area contributed by atoms with Gasteiger partial charge in [0.05, 0.1) is 6.54 Å². The Kier molecular flexibility index (Phi) is 3.03. The van der Waals surface area contributed by atoms with Crippen molar-refractivity contribution in [1.82, 2.24) is 25.9 Å². The maximum Gasteiger partial charge on any atom is 0.251 e. The maximum atomic E-state index is 12.9. The molecule has 0 bridgehead atoms. The summed E-state index contributed by atoms with van der Waals surface area (Å²) in [5.74, 6) is -2.33. The minimum absolute atomic E-state index is 0.0207. The lowest BCUT2D eigenvalue weighted by atomic mass is 10.2. The molecule has 6 nitrogen and oxygen atoms in total. The van der Waals surface area contributed by atoms with Crippen LogP contribution in [0.25, 0.3) is 0 Å². The van der Waals surface area contributed by atoms with Gasteiger partial charge < -0.3 is 5.32 Å². The van der Waals surface area contributed by atoms with Crippen molar-refractivity contribution in [3.05, 3.63) is 41.2 Å². The predicted molar refractivity (Wildman–Crippen MR) is 51.7 cm³/mol. The molecule has 0 saturated carbocycles. The third kappa shape index (κ3) is 2.60. The van der Waals surface area contributed by atoms with Gasteiger partial charge in [-0.05, 0) is 18.2 Å². The number of H-pyrrole nitrogens is 1. The van der Waals surface area contributed by atoms with Crippen molar-refractivity contribution in [3.63, 3.8) is 0 Å². The number of carbonyl (C=O) groups excluding carboxylic acids is 1. The molecule has 0 radical (unpaired) electrons. The number of aromatic amines is 1. The molecule has 0 aliphatic carbocycles. The number of rotatable bonds is 3. The first-order chi connectivity index (χ1) is 8.16. The highest BCUT2D eigenvalue weighted by molar-refractivity contribution is 5.94. The second kappa shape index (κ2) is 4.64. The molecule has 0 aliphatic heterocycles. The number of halogens is 2. The summed E-state index contributed by atoms with van der Waals surface area (Å²) in [5, 5.41) is 15.2. The van der Waals surface area contributed by atoms with Crippen LogP contribution in [0.4, 0.5) is 8.78 Å². The lowest BCUT2D eigenvalue weighted by Crippen LogP contribution is -2.23. The number of nitrogens with zero attached hydrogens (tertiary/aromatic N) is 3. The fourth-order valence-electron chi connectivity index (χ4n) is 1.16. The van der Waals surface area contributed by atoms with E-state index in [1.807, 2.05) is 0 Å². The fraction of sp³-hybridized carbons (Fsp3) is 0.111. The summed E-state index contributed by atoms with van der Waals surface area (Å²) in [7, 11) is 0. The molecule has 1 amide bonds. The Balaban J connectivity index is 2.02. The third-order valence-electron chi connectivity index (χ3n) is 1.98. The highest BCUT2D eigenvalue weighted by Crippen LogP contribution is 2.08. The fourth-order valence-corrected chi connectivity index (χ4v) is 1.16. The molecule has 2 rings (SSSR count). The Morgan fingerprint density at radius 1 is 1.35 bits per heavy atom. The van der Waals surface area contributed by atoms with Gasteiger partial charge in [0.15, 0.2) is 17.5 Å². The van der Waals surface area contributed by atoms with E-state index in [2.05, 4.69) is 25.9 Å². The van der Waals surface area contributed by atoms with Crippen LogP contribution in [0.3, 0.4) is 0 Å². The summed E-state index contributed by atoms with van der Waals surface area (Å²) in [6.45, 7) is 0.0499. The average molecular weight is 239 g/mol. The molecule has 1 heterocycles. The summed E-state index contributed by atoms with van der Waals surface area (Å²) in [4.78, 5) is 11.5. The van der Waals surface area contributed by atoms with Gasteiger partial charge in [-0.2, -0.15) is 5.21 Å². The third-order valence-corrected chi connectivity index (χ3v) is 1.98. The lowest BCUT2D eigenvalue weighted by Gasteiger charge is -2.02. The number of tetrazole rings is 1. The van der Waals surface area contributed by atoms with Gasteiger partial charge in [0, 0.05) is 5.56 Å². The first-order valence-corrected chi connectivity index (χ1v) is 4.62. The zero-order valence-corrected chi connectivity index (χ0v) is 8.44. The number of carbonyl (C=O) groups is 1.